The second-order valence-electron chi connectivity index (χ2n) is 3.31. The molecule has 3 nitrogen and oxygen atoms in total. The van der Waals surface area contributed by atoms with Crippen molar-refractivity contribution >= 4 is 5.97 Å². The van der Waals surface area contributed by atoms with E-state index in [1.807, 2.05) is 0 Å². The Morgan fingerprint density at radius 1 is 1.40 bits per heavy atom. The molecule has 0 saturated carbocycles. The highest BCUT2D eigenvalue weighted by molar-refractivity contribution is 5.80. The number of carbonyl (C=O) groups is 1. The number of carboxylic acid groups (broad SMARTS) is 1. The number of nitrogens with one attached hydrogen (secondary N) is 1. The van der Waals surface area contributed by atoms with Crippen LogP contribution in [0.1, 0.15) is 12.5 Å². The molecule has 1 aromatic carbocycles. The van der Waals surface area contributed by atoms with Crippen molar-refractivity contribution in [2.45, 2.75) is 12.5 Å². The summed E-state index contributed by atoms with van der Waals surface area (Å²) in [5.41, 5.74) is -1.26. The standard InChI is InChI=1S/C10H11F2NO2/c1-10(13-2,9(14)15)6-3-4-7(11)8(12)5-6/h3-5,13H,1-2H3,(H,14,15)/t10-/m0/s1. The maximum absolute atomic E-state index is 12.9. The van der Waals surface area contributed by atoms with E-state index in [4.69, 9.17) is 5.11 Å². The molecular formula is C10H11F2NO2. The molecule has 0 spiro atoms. The largest absolute Gasteiger partial charge is 0.480 e. The van der Waals surface area contributed by atoms with Gasteiger partial charge in [-0.1, -0.05) is 6.07 Å². The fraction of sp³-hybridized carbons (Fsp3) is 0.300. The van der Waals surface area contributed by atoms with Crippen molar-refractivity contribution < 1.29 is 18.7 Å². The number of benzene rings is 1. The third-order valence-electron chi connectivity index (χ3n) is 2.42. The van der Waals surface area contributed by atoms with E-state index in [9.17, 15) is 13.6 Å². The van der Waals surface area contributed by atoms with Gasteiger partial charge in [0.2, 0.25) is 0 Å². The molecule has 1 atom stereocenters. The van der Waals surface area contributed by atoms with Crippen LogP contribution in [0.4, 0.5) is 8.78 Å². The van der Waals surface area contributed by atoms with Crippen LogP contribution in [0.2, 0.25) is 0 Å². The van der Waals surface area contributed by atoms with Gasteiger partial charge < -0.3 is 10.4 Å². The third kappa shape index (κ3) is 1.97. The lowest BCUT2D eigenvalue weighted by Crippen LogP contribution is -2.44. The van der Waals surface area contributed by atoms with E-state index in [1.54, 1.807) is 0 Å². The first-order valence-corrected chi connectivity index (χ1v) is 4.29. The SMILES string of the molecule is CN[C@](C)(C(=O)O)c1ccc(F)c(F)c1. The molecule has 5 heteroatoms. The lowest BCUT2D eigenvalue weighted by Gasteiger charge is -2.24. The molecule has 0 aliphatic heterocycles. The summed E-state index contributed by atoms with van der Waals surface area (Å²) in [5.74, 6) is -3.21. The van der Waals surface area contributed by atoms with Crippen molar-refractivity contribution in [3.8, 4) is 0 Å². The van der Waals surface area contributed by atoms with E-state index >= 15 is 0 Å². The first kappa shape index (κ1) is 11.6. The first-order valence-electron chi connectivity index (χ1n) is 4.29. The third-order valence-corrected chi connectivity index (χ3v) is 2.42. The monoisotopic (exact) mass is 215 g/mol. The van der Waals surface area contributed by atoms with Gasteiger partial charge in [0.05, 0.1) is 0 Å². The summed E-state index contributed by atoms with van der Waals surface area (Å²) in [6.45, 7) is 1.38. The average molecular weight is 215 g/mol. The number of carboxylic acids is 1. The van der Waals surface area contributed by atoms with Crippen LogP contribution in [0, 0.1) is 11.6 Å². The molecule has 0 saturated heterocycles. The zero-order chi connectivity index (χ0) is 11.6. The van der Waals surface area contributed by atoms with E-state index in [2.05, 4.69) is 5.32 Å². The molecule has 0 unspecified atom stereocenters. The minimum atomic E-state index is -1.42. The van der Waals surface area contributed by atoms with Crippen molar-refractivity contribution in [3.63, 3.8) is 0 Å². The number of aliphatic carboxylic acids is 1. The van der Waals surface area contributed by atoms with Gasteiger partial charge in [-0.15, -0.1) is 0 Å². The zero-order valence-corrected chi connectivity index (χ0v) is 8.34. The highest BCUT2D eigenvalue weighted by Crippen LogP contribution is 2.22. The molecule has 1 aromatic rings. The Labute approximate surface area is 85.7 Å². The molecule has 0 aliphatic rings. The predicted octanol–water partition coefficient (Wildman–Crippen LogP) is 1.48. The lowest BCUT2D eigenvalue weighted by molar-refractivity contribution is -0.144. The van der Waals surface area contributed by atoms with Crippen molar-refractivity contribution in [2.24, 2.45) is 0 Å². The molecular weight excluding hydrogens is 204 g/mol. The van der Waals surface area contributed by atoms with Gasteiger partial charge in [0.15, 0.2) is 11.6 Å². The first-order chi connectivity index (χ1) is 6.91. The Hall–Kier alpha value is -1.49. The van der Waals surface area contributed by atoms with E-state index in [1.165, 1.54) is 20.0 Å². The topological polar surface area (TPSA) is 49.3 Å². The maximum Gasteiger partial charge on any atom is 0.328 e. The predicted molar refractivity (Wildman–Crippen MR) is 50.4 cm³/mol. The Balaban J connectivity index is 3.25. The number of hydrogen-bond donors (Lipinski definition) is 2. The van der Waals surface area contributed by atoms with Gasteiger partial charge in [-0.3, -0.25) is 0 Å². The van der Waals surface area contributed by atoms with Gasteiger partial charge in [0.25, 0.3) is 0 Å². The number of likely N-dealkylation sites (N-methyl/N-ethyl adjacent to an activating group) is 1. The van der Waals surface area contributed by atoms with Crippen LogP contribution in [0.25, 0.3) is 0 Å². The van der Waals surface area contributed by atoms with Gasteiger partial charge in [0, 0.05) is 0 Å². The smallest absolute Gasteiger partial charge is 0.328 e. The number of halogens is 2. The summed E-state index contributed by atoms with van der Waals surface area (Å²) >= 11 is 0. The van der Waals surface area contributed by atoms with Crippen molar-refractivity contribution in [1.29, 1.82) is 0 Å². The molecule has 0 aromatic heterocycles. The fourth-order valence-electron chi connectivity index (χ4n) is 1.18. The van der Waals surface area contributed by atoms with Crippen LogP contribution in [0.3, 0.4) is 0 Å². The number of hydrogen-bond acceptors (Lipinski definition) is 2. The van der Waals surface area contributed by atoms with Crippen LogP contribution in [0.5, 0.6) is 0 Å². The van der Waals surface area contributed by atoms with Crippen molar-refractivity contribution in [1.82, 2.24) is 5.32 Å². The van der Waals surface area contributed by atoms with Crippen molar-refractivity contribution in [3.05, 3.63) is 35.4 Å². The minimum absolute atomic E-state index is 0.163. The Morgan fingerprint density at radius 3 is 2.40 bits per heavy atom. The minimum Gasteiger partial charge on any atom is -0.480 e. The Kier molecular flexibility index (Phi) is 3.04. The molecule has 0 heterocycles. The average Bonchev–Trinajstić information content (AvgIpc) is 2.20. The van der Waals surface area contributed by atoms with E-state index in [0.717, 1.165) is 12.1 Å². The molecule has 0 radical (unpaired) electrons. The summed E-state index contributed by atoms with van der Waals surface area (Å²) in [5, 5.41) is 11.5. The fourth-order valence-corrected chi connectivity index (χ4v) is 1.18. The molecule has 0 bridgehead atoms. The van der Waals surface area contributed by atoms with Gasteiger partial charge in [-0.2, -0.15) is 0 Å². The maximum atomic E-state index is 12.9. The van der Waals surface area contributed by atoms with Crippen molar-refractivity contribution in [2.75, 3.05) is 7.05 Å². The summed E-state index contributed by atoms with van der Waals surface area (Å²) in [4.78, 5) is 11.0. The van der Waals surface area contributed by atoms with Gasteiger partial charge in [-0.05, 0) is 31.7 Å². The Bertz CT molecular complexity index is 395. The molecule has 0 aliphatic carbocycles. The van der Waals surface area contributed by atoms with E-state index in [0.29, 0.717) is 0 Å². The quantitative estimate of drug-likeness (QED) is 0.803. The van der Waals surface area contributed by atoms with Gasteiger partial charge in [0.1, 0.15) is 5.54 Å². The van der Waals surface area contributed by atoms with Crippen LogP contribution in [0.15, 0.2) is 18.2 Å². The zero-order valence-electron chi connectivity index (χ0n) is 8.34. The highest BCUT2D eigenvalue weighted by atomic mass is 19.2. The molecule has 2 N–H and O–H groups in total. The highest BCUT2D eigenvalue weighted by Gasteiger charge is 2.33. The molecule has 1 rings (SSSR count). The molecule has 15 heavy (non-hydrogen) atoms. The molecule has 0 amide bonds. The van der Waals surface area contributed by atoms with Crippen LogP contribution in [-0.2, 0) is 10.3 Å². The Morgan fingerprint density at radius 2 is 2.00 bits per heavy atom. The molecule has 0 fully saturated rings. The summed E-state index contributed by atoms with van der Waals surface area (Å²) in [6, 6.07) is 3.02. The van der Waals surface area contributed by atoms with Gasteiger partial charge >= 0.3 is 5.97 Å². The van der Waals surface area contributed by atoms with E-state index < -0.39 is 23.1 Å². The summed E-state index contributed by atoms with van der Waals surface area (Å²) in [7, 11) is 1.44. The normalized spacial score (nSPS) is 14.7. The van der Waals surface area contributed by atoms with Gasteiger partial charge in [-0.25, -0.2) is 13.6 Å². The lowest BCUT2D eigenvalue weighted by atomic mass is 9.92. The summed E-state index contributed by atoms with van der Waals surface area (Å²) in [6.07, 6.45) is 0. The summed E-state index contributed by atoms with van der Waals surface area (Å²) < 4.78 is 25.6. The molecule has 82 valence electrons. The second kappa shape index (κ2) is 3.94. The number of rotatable bonds is 3. The van der Waals surface area contributed by atoms with Crippen LogP contribution >= 0.6 is 0 Å². The van der Waals surface area contributed by atoms with Crippen LogP contribution in [-0.4, -0.2) is 18.1 Å². The van der Waals surface area contributed by atoms with Crippen LogP contribution < -0.4 is 5.32 Å². The second-order valence-corrected chi connectivity index (χ2v) is 3.31. The van der Waals surface area contributed by atoms with E-state index in [-0.39, 0.29) is 5.56 Å².